The summed E-state index contributed by atoms with van der Waals surface area (Å²) < 4.78 is 13.0. The Morgan fingerprint density at radius 2 is 2.36 bits per heavy atom. The molecule has 0 saturated heterocycles. The minimum atomic E-state index is -0.378. The second-order valence-electron chi connectivity index (χ2n) is 1.93. The molecule has 1 rings (SSSR count). The van der Waals surface area contributed by atoms with Crippen molar-refractivity contribution in [1.29, 1.82) is 5.26 Å². The van der Waals surface area contributed by atoms with Gasteiger partial charge in [0.2, 0.25) is 0 Å². The summed E-state index contributed by atoms with van der Waals surface area (Å²) in [5.41, 5.74) is 0.444. The van der Waals surface area contributed by atoms with Crippen LogP contribution in [0.25, 0.3) is 0 Å². The van der Waals surface area contributed by atoms with E-state index < -0.39 is 0 Å². The Balaban J connectivity index is 3.01. The second-order valence-corrected chi connectivity index (χ2v) is 2.75. The predicted molar refractivity (Wildman–Crippen MR) is 41.2 cm³/mol. The van der Waals surface area contributed by atoms with Gasteiger partial charge >= 0.3 is 0 Å². The summed E-state index contributed by atoms with van der Waals surface area (Å²) >= 11 is 3.02. The number of hydrogen-bond donors (Lipinski definition) is 0. The number of pyridine rings is 1. The van der Waals surface area contributed by atoms with Crippen LogP contribution >= 0.6 is 15.9 Å². The summed E-state index contributed by atoms with van der Waals surface area (Å²) in [5, 5.41) is 8.27. The average Bonchev–Trinajstić information content (AvgIpc) is 1.85. The van der Waals surface area contributed by atoms with Gasteiger partial charge in [-0.3, -0.25) is 0 Å². The molecule has 1 heterocycles. The third-order valence-corrected chi connectivity index (χ3v) is 1.48. The highest BCUT2D eigenvalue weighted by Gasteiger charge is 1.98. The molecule has 0 amide bonds. The largest absolute Gasteiger partial charge is 0.245 e. The first-order valence-corrected chi connectivity index (χ1v) is 3.70. The summed E-state index contributed by atoms with van der Waals surface area (Å²) in [5.74, 6) is -0.378. The molecular formula is C7H4BrFN2. The molecule has 2 nitrogen and oxygen atoms in total. The highest BCUT2D eigenvalue weighted by Crippen LogP contribution is 2.10. The quantitative estimate of drug-likeness (QED) is 0.672. The Kier molecular flexibility index (Phi) is 2.55. The van der Waals surface area contributed by atoms with Gasteiger partial charge in [-0.05, 0) is 22.0 Å². The monoisotopic (exact) mass is 214 g/mol. The molecular weight excluding hydrogens is 211 g/mol. The molecule has 11 heavy (non-hydrogen) atoms. The maximum absolute atomic E-state index is 12.6. The molecule has 0 atom stereocenters. The van der Waals surface area contributed by atoms with Crippen molar-refractivity contribution in [2.24, 2.45) is 0 Å². The Morgan fingerprint density at radius 1 is 1.64 bits per heavy atom. The van der Waals surface area contributed by atoms with Crippen molar-refractivity contribution in [3.05, 3.63) is 28.2 Å². The van der Waals surface area contributed by atoms with Crippen molar-refractivity contribution < 1.29 is 4.39 Å². The molecule has 0 aliphatic heterocycles. The number of nitrogens with zero attached hydrogens (tertiary/aromatic N) is 2. The van der Waals surface area contributed by atoms with E-state index in [0.717, 1.165) is 0 Å². The van der Waals surface area contributed by atoms with Gasteiger partial charge in [0.15, 0.2) is 0 Å². The van der Waals surface area contributed by atoms with E-state index in [1.165, 1.54) is 12.1 Å². The van der Waals surface area contributed by atoms with E-state index in [0.29, 0.717) is 10.3 Å². The smallest absolute Gasteiger partial charge is 0.127 e. The fourth-order valence-corrected chi connectivity index (χ4v) is 1.13. The van der Waals surface area contributed by atoms with E-state index in [9.17, 15) is 4.39 Å². The van der Waals surface area contributed by atoms with Crippen LogP contribution in [0.1, 0.15) is 5.69 Å². The molecule has 0 N–H and O–H groups in total. The first-order valence-electron chi connectivity index (χ1n) is 2.91. The Hall–Kier alpha value is -0.950. The van der Waals surface area contributed by atoms with E-state index in [4.69, 9.17) is 5.26 Å². The SMILES string of the molecule is N#CCc1cc(F)cc(Br)n1. The van der Waals surface area contributed by atoms with Crippen molar-refractivity contribution in [1.82, 2.24) is 4.98 Å². The van der Waals surface area contributed by atoms with Gasteiger partial charge in [0.1, 0.15) is 10.4 Å². The van der Waals surface area contributed by atoms with Crippen LogP contribution in [0, 0.1) is 17.1 Å². The van der Waals surface area contributed by atoms with Crippen molar-refractivity contribution in [3.8, 4) is 6.07 Å². The highest BCUT2D eigenvalue weighted by molar-refractivity contribution is 9.10. The van der Waals surface area contributed by atoms with E-state index in [1.54, 1.807) is 0 Å². The fraction of sp³-hybridized carbons (Fsp3) is 0.143. The van der Waals surface area contributed by atoms with Crippen LogP contribution in [0.3, 0.4) is 0 Å². The van der Waals surface area contributed by atoms with Crippen molar-refractivity contribution >= 4 is 15.9 Å². The predicted octanol–water partition coefficient (Wildman–Crippen LogP) is 2.05. The summed E-state index contributed by atoms with van der Waals surface area (Å²) in [6, 6.07) is 4.38. The first-order chi connectivity index (χ1) is 5.22. The molecule has 1 aromatic rings. The van der Waals surface area contributed by atoms with Crippen molar-refractivity contribution in [3.63, 3.8) is 0 Å². The summed E-state index contributed by atoms with van der Waals surface area (Å²) in [7, 11) is 0. The van der Waals surface area contributed by atoms with Crippen LogP contribution in [-0.2, 0) is 6.42 Å². The number of aromatic nitrogens is 1. The first kappa shape index (κ1) is 8.15. The van der Waals surface area contributed by atoms with Gasteiger partial charge in [-0.1, -0.05) is 0 Å². The van der Waals surface area contributed by atoms with E-state index in [2.05, 4.69) is 20.9 Å². The zero-order chi connectivity index (χ0) is 8.27. The van der Waals surface area contributed by atoms with Crippen LogP contribution < -0.4 is 0 Å². The van der Waals surface area contributed by atoms with E-state index in [-0.39, 0.29) is 12.2 Å². The van der Waals surface area contributed by atoms with Gasteiger partial charge in [-0.2, -0.15) is 5.26 Å². The van der Waals surface area contributed by atoms with Crippen LogP contribution in [0.5, 0.6) is 0 Å². The van der Waals surface area contributed by atoms with E-state index >= 15 is 0 Å². The molecule has 0 aliphatic rings. The zero-order valence-electron chi connectivity index (χ0n) is 5.51. The summed E-state index contributed by atoms with van der Waals surface area (Å²) in [6.07, 6.45) is 0.135. The molecule has 0 aromatic carbocycles. The molecule has 1 aromatic heterocycles. The lowest BCUT2D eigenvalue weighted by Gasteiger charge is -1.94. The third-order valence-electron chi connectivity index (χ3n) is 1.07. The minimum absolute atomic E-state index is 0.135. The fourth-order valence-electron chi connectivity index (χ4n) is 0.688. The number of halogens is 2. The van der Waals surface area contributed by atoms with Crippen LogP contribution in [0.4, 0.5) is 4.39 Å². The molecule has 0 bridgehead atoms. The Labute approximate surface area is 71.8 Å². The maximum atomic E-state index is 12.6. The third kappa shape index (κ3) is 2.28. The standard InChI is InChI=1S/C7H4BrFN2/c8-7-4-5(9)3-6(11-7)1-2-10/h3-4H,1H2. The van der Waals surface area contributed by atoms with Gasteiger partial charge in [-0.15, -0.1) is 0 Å². The maximum Gasteiger partial charge on any atom is 0.127 e. The summed E-state index contributed by atoms with van der Waals surface area (Å²) in [4.78, 5) is 3.88. The zero-order valence-corrected chi connectivity index (χ0v) is 7.10. The highest BCUT2D eigenvalue weighted by atomic mass is 79.9. The molecule has 0 radical (unpaired) electrons. The molecule has 0 saturated carbocycles. The number of nitriles is 1. The van der Waals surface area contributed by atoms with Gasteiger partial charge in [0.25, 0.3) is 0 Å². The van der Waals surface area contributed by atoms with Crippen LogP contribution in [0.15, 0.2) is 16.7 Å². The van der Waals surface area contributed by atoms with Crippen LogP contribution in [-0.4, -0.2) is 4.98 Å². The lowest BCUT2D eigenvalue weighted by molar-refractivity contribution is 0.621. The van der Waals surface area contributed by atoms with Gasteiger partial charge in [0, 0.05) is 6.07 Å². The lowest BCUT2D eigenvalue weighted by Crippen LogP contribution is -1.89. The minimum Gasteiger partial charge on any atom is -0.245 e. The lowest BCUT2D eigenvalue weighted by atomic mass is 10.3. The Morgan fingerprint density at radius 3 is 2.91 bits per heavy atom. The topological polar surface area (TPSA) is 36.7 Å². The molecule has 0 fully saturated rings. The average molecular weight is 215 g/mol. The van der Waals surface area contributed by atoms with Crippen molar-refractivity contribution in [2.75, 3.05) is 0 Å². The van der Waals surface area contributed by atoms with Gasteiger partial charge in [0.05, 0.1) is 18.2 Å². The second kappa shape index (κ2) is 3.44. The van der Waals surface area contributed by atoms with Crippen molar-refractivity contribution in [2.45, 2.75) is 6.42 Å². The van der Waals surface area contributed by atoms with Gasteiger partial charge in [-0.25, -0.2) is 9.37 Å². The molecule has 0 aliphatic carbocycles. The number of rotatable bonds is 1. The molecule has 4 heteroatoms. The molecule has 0 unspecified atom stereocenters. The summed E-state index contributed by atoms with van der Waals surface area (Å²) in [6.45, 7) is 0. The number of hydrogen-bond acceptors (Lipinski definition) is 2. The molecule has 0 spiro atoms. The van der Waals surface area contributed by atoms with E-state index in [1.807, 2.05) is 6.07 Å². The molecule has 56 valence electrons. The Bertz CT molecular complexity index is 286. The van der Waals surface area contributed by atoms with Crippen LogP contribution in [0.2, 0.25) is 0 Å². The normalized spacial score (nSPS) is 9.18. The van der Waals surface area contributed by atoms with Gasteiger partial charge < -0.3 is 0 Å².